The van der Waals surface area contributed by atoms with Crippen LogP contribution in [0.1, 0.15) is 24.8 Å². The summed E-state index contributed by atoms with van der Waals surface area (Å²) in [6.45, 7) is 0. The van der Waals surface area contributed by atoms with Crippen molar-refractivity contribution >= 4 is 16.8 Å². The standard InChI is InChI=1S/C11H10ClFO/c12-10(14)7-11(5-6-11)8-1-3-9(13)4-2-8/h1-4H,5-7H2. The second-order valence-corrected chi connectivity index (χ2v) is 4.24. The van der Waals surface area contributed by atoms with E-state index in [1.54, 1.807) is 12.1 Å². The van der Waals surface area contributed by atoms with Gasteiger partial charge in [-0.2, -0.15) is 0 Å². The molecule has 0 aliphatic heterocycles. The molecule has 0 radical (unpaired) electrons. The van der Waals surface area contributed by atoms with Crippen LogP contribution in [-0.4, -0.2) is 5.24 Å². The van der Waals surface area contributed by atoms with Crippen LogP contribution in [0.15, 0.2) is 24.3 Å². The van der Waals surface area contributed by atoms with Crippen molar-refractivity contribution in [2.45, 2.75) is 24.7 Å². The lowest BCUT2D eigenvalue weighted by Gasteiger charge is -2.12. The van der Waals surface area contributed by atoms with E-state index in [1.807, 2.05) is 0 Å². The molecule has 1 nitrogen and oxygen atoms in total. The molecule has 0 saturated heterocycles. The smallest absolute Gasteiger partial charge is 0.222 e. The van der Waals surface area contributed by atoms with Crippen molar-refractivity contribution in [1.82, 2.24) is 0 Å². The minimum Gasteiger partial charge on any atom is -0.281 e. The van der Waals surface area contributed by atoms with E-state index in [2.05, 4.69) is 0 Å². The minimum absolute atomic E-state index is 0.0907. The Kier molecular flexibility index (Phi) is 2.31. The van der Waals surface area contributed by atoms with Crippen LogP contribution < -0.4 is 0 Å². The van der Waals surface area contributed by atoms with Crippen LogP contribution in [0, 0.1) is 5.82 Å². The van der Waals surface area contributed by atoms with Gasteiger partial charge in [-0.1, -0.05) is 12.1 Å². The summed E-state index contributed by atoms with van der Waals surface area (Å²) in [5.41, 5.74) is 0.930. The summed E-state index contributed by atoms with van der Waals surface area (Å²) in [6, 6.07) is 6.33. The minimum atomic E-state index is -0.313. The van der Waals surface area contributed by atoms with Crippen LogP contribution in [0.2, 0.25) is 0 Å². The third kappa shape index (κ3) is 1.80. The molecule has 0 bridgehead atoms. The van der Waals surface area contributed by atoms with Crippen LogP contribution in [0.4, 0.5) is 4.39 Å². The van der Waals surface area contributed by atoms with Crippen LogP contribution in [0.5, 0.6) is 0 Å². The van der Waals surface area contributed by atoms with Gasteiger partial charge in [-0.15, -0.1) is 0 Å². The molecule has 0 heterocycles. The van der Waals surface area contributed by atoms with Crippen molar-refractivity contribution in [2.75, 3.05) is 0 Å². The molecule has 14 heavy (non-hydrogen) atoms. The second-order valence-electron chi connectivity index (χ2n) is 3.82. The molecular weight excluding hydrogens is 203 g/mol. The first-order valence-corrected chi connectivity index (χ1v) is 4.95. The molecule has 0 atom stereocenters. The van der Waals surface area contributed by atoms with Crippen LogP contribution in [0.25, 0.3) is 0 Å². The molecule has 1 fully saturated rings. The first-order chi connectivity index (χ1) is 6.62. The Balaban J connectivity index is 2.22. The molecule has 0 unspecified atom stereocenters. The lowest BCUT2D eigenvalue weighted by Crippen LogP contribution is -2.09. The summed E-state index contributed by atoms with van der Waals surface area (Å²) in [4.78, 5) is 10.8. The van der Waals surface area contributed by atoms with E-state index < -0.39 is 0 Å². The SMILES string of the molecule is O=C(Cl)CC1(c2ccc(F)cc2)CC1. The molecule has 2 rings (SSSR count). The van der Waals surface area contributed by atoms with E-state index in [-0.39, 0.29) is 16.5 Å². The predicted molar refractivity (Wildman–Crippen MR) is 52.8 cm³/mol. The summed E-state index contributed by atoms with van der Waals surface area (Å²) >= 11 is 5.37. The van der Waals surface area contributed by atoms with E-state index in [1.165, 1.54) is 12.1 Å². The Morgan fingerprint density at radius 2 is 1.93 bits per heavy atom. The summed E-state index contributed by atoms with van der Waals surface area (Å²) in [5, 5.41) is -0.313. The fourth-order valence-electron chi connectivity index (χ4n) is 1.79. The Hall–Kier alpha value is -0.890. The molecular formula is C11H10ClFO. The topological polar surface area (TPSA) is 17.1 Å². The van der Waals surface area contributed by atoms with E-state index >= 15 is 0 Å². The van der Waals surface area contributed by atoms with Gasteiger partial charge in [-0.25, -0.2) is 4.39 Å². The van der Waals surface area contributed by atoms with E-state index in [9.17, 15) is 9.18 Å². The lowest BCUT2D eigenvalue weighted by atomic mass is 9.93. The monoisotopic (exact) mass is 212 g/mol. The third-order valence-corrected chi connectivity index (χ3v) is 2.92. The van der Waals surface area contributed by atoms with Crippen LogP contribution in [-0.2, 0) is 10.2 Å². The molecule has 0 aromatic heterocycles. The fraction of sp³-hybridized carbons (Fsp3) is 0.364. The Bertz CT molecular complexity index is 354. The van der Waals surface area contributed by atoms with Gasteiger partial charge in [-0.3, -0.25) is 4.79 Å². The van der Waals surface area contributed by atoms with Crippen molar-refractivity contribution in [3.63, 3.8) is 0 Å². The molecule has 74 valence electrons. The maximum Gasteiger partial charge on any atom is 0.222 e. The third-order valence-electron chi connectivity index (χ3n) is 2.79. The highest BCUT2D eigenvalue weighted by molar-refractivity contribution is 6.63. The summed E-state index contributed by atoms with van der Waals surface area (Å²) in [7, 11) is 0. The highest BCUT2D eigenvalue weighted by Gasteiger charge is 2.45. The van der Waals surface area contributed by atoms with Crippen molar-refractivity contribution in [3.8, 4) is 0 Å². The summed E-state index contributed by atoms with van der Waals surface area (Å²) in [5.74, 6) is -0.248. The zero-order valence-corrected chi connectivity index (χ0v) is 8.35. The highest BCUT2D eigenvalue weighted by Crippen LogP contribution is 2.51. The maximum atomic E-state index is 12.7. The van der Waals surface area contributed by atoms with Crippen molar-refractivity contribution in [3.05, 3.63) is 35.6 Å². The fourth-order valence-corrected chi connectivity index (χ4v) is 2.04. The van der Waals surface area contributed by atoms with E-state index in [4.69, 9.17) is 11.6 Å². The zero-order chi connectivity index (χ0) is 10.2. The maximum absolute atomic E-state index is 12.7. The first-order valence-electron chi connectivity index (χ1n) is 4.57. The lowest BCUT2D eigenvalue weighted by molar-refractivity contribution is -0.112. The van der Waals surface area contributed by atoms with Crippen molar-refractivity contribution in [2.24, 2.45) is 0 Å². The van der Waals surface area contributed by atoms with Gasteiger partial charge in [0.15, 0.2) is 0 Å². The second kappa shape index (κ2) is 3.35. The Morgan fingerprint density at radius 1 is 1.36 bits per heavy atom. The molecule has 1 saturated carbocycles. The largest absolute Gasteiger partial charge is 0.281 e. The van der Waals surface area contributed by atoms with Gasteiger partial charge < -0.3 is 0 Å². The van der Waals surface area contributed by atoms with Crippen molar-refractivity contribution in [1.29, 1.82) is 0 Å². The molecule has 1 aromatic rings. The first kappa shape index (κ1) is 9.66. The van der Waals surface area contributed by atoms with Crippen LogP contribution >= 0.6 is 11.6 Å². The molecule has 0 N–H and O–H groups in total. The Labute approximate surface area is 86.9 Å². The number of rotatable bonds is 3. The number of carbonyl (C=O) groups excluding carboxylic acids is 1. The average molecular weight is 213 g/mol. The van der Waals surface area contributed by atoms with Crippen molar-refractivity contribution < 1.29 is 9.18 Å². The summed E-state index contributed by atoms with van der Waals surface area (Å²) < 4.78 is 12.7. The van der Waals surface area contributed by atoms with E-state index in [0.717, 1.165) is 18.4 Å². The highest BCUT2D eigenvalue weighted by atomic mass is 35.5. The summed E-state index contributed by atoms with van der Waals surface area (Å²) in [6.07, 6.45) is 2.30. The quantitative estimate of drug-likeness (QED) is 0.704. The zero-order valence-electron chi connectivity index (χ0n) is 7.59. The van der Waals surface area contributed by atoms with E-state index in [0.29, 0.717) is 6.42 Å². The molecule has 0 amide bonds. The van der Waals surface area contributed by atoms with Gasteiger partial charge in [0, 0.05) is 11.8 Å². The number of halogens is 2. The average Bonchev–Trinajstić information content (AvgIpc) is 2.85. The molecule has 0 spiro atoms. The van der Waals surface area contributed by atoms with Gasteiger partial charge >= 0.3 is 0 Å². The normalized spacial score (nSPS) is 17.9. The van der Waals surface area contributed by atoms with Gasteiger partial charge in [0.2, 0.25) is 5.24 Å². The number of hydrogen-bond donors (Lipinski definition) is 0. The number of carbonyl (C=O) groups is 1. The number of benzene rings is 1. The molecule has 1 aliphatic rings. The molecule has 3 heteroatoms. The number of hydrogen-bond acceptors (Lipinski definition) is 1. The van der Waals surface area contributed by atoms with Gasteiger partial charge in [0.05, 0.1) is 0 Å². The van der Waals surface area contributed by atoms with Gasteiger partial charge in [-0.05, 0) is 42.1 Å². The van der Waals surface area contributed by atoms with Gasteiger partial charge in [0.25, 0.3) is 0 Å². The molecule has 1 aliphatic carbocycles. The predicted octanol–water partition coefficient (Wildman–Crippen LogP) is 3.01. The van der Waals surface area contributed by atoms with Crippen LogP contribution in [0.3, 0.4) is 0 Å². The Morgan fingerprint density at radius 3 is 2.36 bits per heavy atom. The van der Waals surface area contributed by atoms with Gasteiger partial charge in [0.1, 0.15) is 5.82 Å². The molecule has 1 aromatic carbocycles.